The van der Waals surface area contributed by atoms with Crippen LogP contribution >= 0.6 is 0 Å². The third-order valence-electron chi connectivity index (χ3n) is 4.57. The minimum atomic E-state index is -0.233. The van der Waals surface area contributed by atoms with Gasteiger partial charge in [-0.05, 0) is 39.5 Å². The number of epoxide rings is 1. The average molecular weight is 248 g/mol. The Morgan fingerprint density at radius 3 is 3.06 bits per heavy atom. The van der Waals surface area contributed by atoms with Crippen LogP contribution in [-0.2, 0) is 14.3 Å². The van der Waals surface area contributed by atoms with Crippen molar-refractivity contribution in [1.82, 2.24) is 0 Å². The first-order chi connectivity index (χ1) is 8.51. The predicted octanol–water partition coefficient (Wildman–Crippen LogP) is 2.76. The zero-order chi connectivity index (χ0) is 12.9. The zero-order valence-electron chi connectivity index (χ0n) is 11.1. The molecule has 1 aliphatic carbocycles. The molecular formula is C15H20O3. The summed E-state index contributed by atoms with van der Waals surface area (Å²) in [6, 6.07) is 0. The molecule has 0 aromatic carbocycles. The highest BCUT2D eigenvalue weighted by Gasteiger charge is 2.61. The van der Waals surface area contributed by atoms with E-state index in [4.69, 9.17) is 9.47 Å². The number of rotatable bonds is 0. The summed E-state index contributed by atoms with van der Waals surface area (Å²) in [5, 5.41) is 0. The molecule has 0 N–H and O–H groups in total. The number of hydrogen-bond donors (Lipinski definition) is 0. The van der Waals surface area contributed by atoms with Gasteiger partial charge < -0.3 is 9.47 Å². The van der Waals surface area contributed by atoms with Gasteiger partial charge in [0.1, 0.15) is 12.2 Å². The third-order valence-corrected chi connectivity index (χ3v) is 4.57. The van der Waals surface area contributed by atoms with Gasteiger partial charge >= 0.3 is 5.97 Å². The second kappa shape index (κ2) is 3.95. The number of carbonyl (C=O) groups excluding carboxylic acids is 1. The molecule has 2 saturated heterocycles. The van der Waals surface area contributed by atoms with E-state index in [1.807, 2.05) is 0 Å². The second-order valence-corrected chi connectivity index (χ2v) is 5.98. The Hall–Kier alpha value is -1.09. The van der Waals surface area contributed by atoms with Gasteiger partial charge in [0.05, 0.1) is 5.60 Å². The van der Waals surface area contributed by atoms with Crippen LogP contribution in [0.3, 0.4) is 0 Å². The SMILES string of the molecule is C=C1C(=O)O[C@H]2C1CC/C(C)=C/CCC1(C)OC21. The van der Waals surface area contributed by atoms with Crippen LogP contribution in [-0.4, -0.2) is 23.8 Å². The molecule has 98 valence electrons. The van der Waals surface area contributed by atoms with Gasteiger partial charge in [-0.2, -0.15) is 0 Å². The Labute approximate surface area is 108 Å². The van der Waals surface area contributed by atoms with Crippen molar-refractivity contribution < 1.29 is 14.3 Å². The van der Waals surface area contributed by atoms with Crippen LogP contribution < -0.4 is 0 Å². The minimum absolute atomic E-state index is 0.0671. The molecule has 18 heavy (non-hydrogen) atoms. The summed E-state index contributed by atoms with van der Waals surface area (Å²) < 4.78 is 11.3. The van der Waals surface area contributed by atoms with Crippen molar-refractivity contribution in [2.45, 2.75) is 57.3 Å². The van der Waals surface area contributed by atoms with Crippen LogP contribution in [0.2, 0.25) is 0 Å². The van der Waals surface area contributed by atoms with Crippen LogP contribution in [0.4, 0.5) is 0 Å². The maximum Gasteiger partial charge on any atom is 0.334 e. The van der Waals surface area contributed by atoms with E-state index in [9.17, 15) is 4.79 Å². The van der Waals surface area contributed by atoms with Crippen LogP contribution in [0.5, 0.6) is 0 Å². The number of carbonyl (C=O) groups is 1. The van der Waals surface area contributed by atoms with Gasteiger partial charge in [-0.15, -0.1) is 0 Å². The zero-order valence-corrected chi connectivity index (χ0v) is 11.1. The summed E-state index contributed by atoms with van der Waals surface area (Å²) in [4.78, 5) is 11.7. The van der Waals surface area contributed by atoms with Crippen LogP contribution in [0, 0.1) is 5.92 Å². The summed E-state index contributed by atoms with van der Waals surface area (Å²) in [6.45, 7) is 8.17. The molecule has 0 saturated carbocycles. The number of allylic oxidation sites excluding steroid dienone is 2. The molecule has 0 aromatic heterocycles. The quantitative estimate of drug-likeness (QED) is 0.286. The summed E-state index contributed by atoms with van der Waals surface area (Å²) in [5.41, 5.74) is 1.91. The van der Waals surface area contributed by atoms with Gasteiger partial charge in [0.25, 0.3) is 0 Å². The molecule has 3 heteroatoms. The predicted molar refractivity (Wildman–Crippen MR) is 68.0 cm³/mol. The molecule has 3 aliphatic rings. The van der Waals surface area contributed by atoms with Crippen molar-refractivity contribution >= 4 is 5.97 Å². The van der Waals surface area contributed by atoms with E-state index >= 15 is 0 Å². The fourth-order valence-corrected chi connectivity index (χ4v) is 3.20. The molecule has 0 radical (unpaired) electrons. The number of fused-ring (bicyclic) bond motifs is 3. The molecule has 0 spiro atoms. The van der Waals surface area contributed by atoms with E-state index in [2.05, 4.69) is 26.5 Å². The number of hydrogen-bond acceptors (Lipinski definition) is 3. The third kappa shape index (κ3) is 1.81. The largest absolute Gasteiger partial charge is 0.455 e. The van der Waals surface area contributed by atoms with Gasteiger partial charge in [-0.25, -0.2) is 4.79 Å². The first kappa shape index (κ1) is 12.0. The van der Waals surface area contributed by atoms with Crippen molar-refractivity contribution in [3.63, 3.8) is 0 Å². The van der Waals surface area contributed by atoms with Crippen molar-refractivity contribution in [3.05, 3.63) is 23.8 Å². The fraction of sp³-hybridized carbons (Fsp3) is 0.667. The van der Waals surface area contributed by atoms with E-state index in [1.54, 1.807) is 0 Å². The van der Waals surface area contributed by atoms with Gasteiger partial charge in [0.15, 0.2) is 0 Å². The molecule has 4 atom stereocenters. The van der Waals surface area contributed by atoms with Gasteiger partial charge in [0.2, 0.25) is 0 Å². The highest BCUT2D eigenvalue weighted by Crippen LogP contribution is 2.49. The molecule has 3 nitrogen and oxygen atoms in total. The summed E-state index contributed by atoms with van der Waals surface area (Å²) in [7, 11) is 0. The van der Waals surface area contributed by atoms with Crippen molar-refractivity contribution in [2.24, 2.45) is 5.92 Å². The van der Waals surface area contributed by atoms with E-state index in [-0.39, 0.29) is 29.7 Å². The summed E-state index contributed by atoms with van der Waals surface area (Å²) in [6.07, 6.45) is 6.25. The first-order valence-corrected chi connectivity index (χ1v) is 6.74. The topological polar surface area (TPSA) is 38.8 Å². The summed E-state index contributed by atoms with van der Waals surface area (Å²) in [5.74, 6) is -0.102. The van der Waals surface area contributed by atoms with E-state index in [0.717, 1.165) is 25.7 Å². The number of ether oxygens (including phenoxy) is 2. The maximum atomic E-state index is 11.7. The lowest BCUT2D eigenvalue weighted by Gasteiger charge is -2.19. The van der Waals surface area contributed by atoms with E-state index in [0.29, 0.717) is 5.57 Å². The first-order valence-electron chi connectivity index (χ1n) is 6.74. The Morgan fingerprint density at radius 2 is 2.28 bits per heavy atom. The molecule has 0 amide bonds. The van der Waals surface area contributed by atoms with Crippen molar-refractivity contribution in [2.75, 3.05) is 0 Å². The molecule has 2 heterocycles. The molecule has 2 fully saturated rings. The smallest absolute Gasteiger partial charge is 0.334 e. The van der Waals surface area contributed by atoms with E-state index in [1.165, 1.54) is 5.57 Å². The molecule has 2 aliphatic heterocycles. The van der Waals surface area contributed by atoms with Gasteiger partial charge in [0, 0.05) is 11.5 Å². The van der Waals surface area contributed by atoms with Gasteiger partial charge in [-0.1, -0.05) is 18.2 Å². The molecule has 0 aromatic rings. The molecule has 3 rings (SSSR count). The normalized spacial score (nSPS) is 46.6. The molecular weight excluding hydrogens is 228 g/mol. The van der Waals surface area contributed by atoms with E-state index < -0.39 is 0 Å². The van der Waals surface area contributed by atoms with Crippen molar-refractivity contribution in [3.8, 4) is 0 Å². The van der Waals surface area contributed by atoms with Crippen LogP contribution in [0.25, 0.3) is 0 Å². The number of esters is 1. The summed E-state index contributed by atoms with van der Waals surface area (Å²) >= 11 is 0. The Balaban J connectivity index is 1.87. The average Bonchev–Trinajstić information content (AvgIpc) is 2.90. The highest BCUT2D eigenvalue weighted by molar-refractivity contribution is 5.91. The second-order valence-electron chi connectivity index (χ2n) is 5.98. The molecule has 0 bridgehead atoms. The lowest BCUT2D eigenvalue weighted by molar-refractivity contribution is -0.140. The van der Waals surface area contributed by atoms with Crippen molar-refractivity contribution in [1.29, 1.82) is 0 Å². The maximum absolute atomic E-state index is 11.7. The van der Waals surface area contributed by atoms with Crippen LogP contribution in [0.1, 0.15) is 39.5 Å². The van der Waals surface area contributed by atoms with Crippen LogP contribution in [0.15, 0.2) is 23.8 Å². The van der Waals surface area contributed by atoms with Gasteiger partial charge in [-0.3, -0.25) is 0 Å². The Bertz CT molecular complexity index is 437. The molecule has 3 unspecified atom stereocenters. The minimum Gasteiger partial charge on any atom is -0.455 e. The lowest BCUT2D eigenvalue weighted by atomic mass is 9.84. The Morgan fingerprint density at radius 1 is 1.50 bits per heavy atom. The lowest BCUT2D eigenvalue weighted by Crippen LogP contribution is -2.28. The Kier molecular flexibility index (Phi) is 2.63. The highest BCUT2D eigenvalue weighted by atomic mass is 16.6. The standard InChI is InChI=1S/C15H20O3/c1-9-5-4-8-15(3)13(18-15)12-11(7-6-9)10(2)14(16)17-12/h5,11-13H,2,4,6-8H2,1,3H3/b9-5+/t11?,12-,13?,15?/m0/s1. The fourth-order valence-electron chi connectivity index (χ4n) is 3.20. The monoisotopic (exact) mass is 248 g/mol.